The molecule has 3 N–H and O–H groups in total. The molecule has 0 rings (SSSR count). The molecule has 76 heavy (non-hydrogen) atoms. The molecule has 0 radical (unpaired) electrons. The number of rotatable bonds is 59. The van der Waals surface area contributed by atoms with E-state index in [1.807, 2.05) is 27.2 Å². The van der Waals surface area contributed by atoms with Gasteiger partial charge in [-0.15, -0.1) is 0 Å². The normalized spacial score (nSPS) is 14.2. The van der Waals surface area contributed by atoms with Crippen molar-refractivity contribution in [1.29, 1.82) is 0 Å². The average Bonchev–Trinajstić information content (AvgIpc) is 3.38. The van der Waals surface area contributed by atoms with E-state index in [1.54, 1.807) is 6.08 Å². The van der Waals surface area contributed by atoms with Crippen molar-refractivity contribution in [2.45, 2.75) is 309 Å². The molecule has 3 unspecified atom stereocenters. The molecule has 0 saturated heterocycles. The van der Waals surface area contributed by atoms with Gasteiger partial charge in [0.15, 0.2) is 0 Å². The summed E-state index contributed by atoms with van der Waals surface area (Å²) in [4.78, 5) is 23.4. The summed E-state index contributed by atoms with van der Waals surface area (Å²) in [5.41, 5.74) is 0. The van der Waals surface area contributed by atoms with Crippen LogP contribution in [0.2, 0.25) is 0 Å². The number of nitrogens with one attached hydrogen (secondary N) is 1. The predicted molar refractivity (Wildman–Crippen MR) is 332 cm³/mol. The van der Waals surface area contributed by atoms with Gasteiger partial charge in [-0.2, -0.15) is 0 Å². The molecule has 8 nitrogen and oxygen atoms in total. The maximum Gasteiger partial charge on any atom is 0.472 e. The van der Waals surface area contributed by atoms with Crippen LogP contribution in [0.15, 0.2) is 72.9 Å². The molecule has 0 heterocycles. The number of hydrogen-bond donors (Lipinski definition) is 3. The van der Waals surface area contributed by atoms with Gasteiger partial charge < -0.3 is 19.8 Å². The third-order valence-corrected chi connectivity index (χ3v) is 15.4. The molecule has 0 saturated carbocycles. The highest BCUT2D eigenvalue weighted by Crippen LogP contribution is 2.43. The second kappa shape index (κ2) is 57.6. The summed E-state index contributed by atoms with van der Waals surface area (Å²) in [7, 11) is 1.58. The Labute approximate surface area is 472 Å². The first kappa shape index (κ1) is 73.9. The zero-order valence-electron chi connectivity index (χ0n) is 50.7. The predicted octanol–water partition coefficient (Wildman–Crippen LogP) is 20.2. The number of hydrogen-bond acceptors (Lipinski definition) is 5. The van der Waals surface area contributed by atoms with E-state index in [1.165, 1.54) is 205 Å². The number of carbonyl (C=O) groups is 1. The average molecular weight is 1090 g/mol. The van der Waals surface area contributed by atoms with Crippen molar-refractivity contribution >= 4 is 13.7 Å². The van der Waals surface area contributed by atoms with Crippen molar-refractivity contribution in [2.75, 3.05) is 40.9 Å². The third-order valence-electron chi connectivity index (χ3n) is 14.4. The maximum atomic E-state index is 13.0. The van der Waals surface area contributed by atoms with Crippen LogP contribution in [0.3, 0.4) is 0 Å². The second-order valence-corrected chi connectivity index (χ2v) is 24.6. The highest BCUT2D eigenvalue weighted by molar-refractivity contribution is 7.47. The summed E-state index contributed by atoms with van der Waals surface area (Å²) in [5, 5.41) is 14.0. The molecule has 3 atom stereocenters. The SMILES string of the molecule is CC/C=C\C/C=C\C/C=C\C/C=C\C/C=C\CCCCCCCCCCCCCCCCCCCCCC(=O)NC(COP(=O)(O)OCC[N+](C)(C)C)C(O)/C=C/CCCCCCCCCCCCCCCCCCC. The van der Waals surface area contributed by atoms with E-state index in [4.69, 9.17) is 9.05 Å². The van der Waals surface area contributed by atoms with Crippen molar-refractivity contribution in [1.82, 2.24) is 5.32 Å². The molecule has 9 heteroatoms. The summed E-state index contributed by atoms with van der Waals surface area (Å²) in [6, 6.07) is -0.848. The molecule has 0 fully saturated rings. The number of phosphoric ester groups is 1. The molecule has 0 aliphatic heterocycles. The van der Waals surface area contributed by atoms with Crippen molar-refractivity contribution in [2.24, 2.45) is 0 Å². The first-order chi connectivity index (χ1) is 37.0. The van der Waals surface area contributed by atoms with E-state index in [-0.39, 0.29) is 19.1 Å². The van der Waals surface area contributed by atoms with Gasteiger partial charge in [0, 0.05) is 6.42 Å². The van der Waals surface area contributed by atoms with E-state index in [0.717, 1.165) is 70.6 Å². The smallest absolute Gasteiger partial charge is 0.387 e. The molecule has 1 amide bonds. The topological polar surface area (TPSA) is 105 Å². The van der Waals surface area contributed by atoms with Gasteiger partial charge in [-0.05, 0) is 64.2 Å². The summed E-state index contributed by atoms with van der Waals surface area (Å²) in [6.45, 7) is 4.73. The third kappa shape index (κ3) is 59.6. The Hall–Kier alpha value is -2.06. The molecule has 0 spiro atoms. The maximum absolute atomic E-state index is 13.0. The number of nitrogens with zero attached hydrogens (tertiary/aromatic N) is 1. The first-order valence-corrected chi connectivity index (χ1v) is 33.8. The van der Waals surface area contributed by atoms with Gasteiger partial charge in [-0.3, -0.25) is 13.8 Å². The van der Waals surface area contributed by atoms with Crippen LogP contribution in [-0.4, -0.2) is 73.4 Å². The molecule has 0 aromatic heterocycles. The molecular formula is C67H126N2O6P+. The van der Waals surface area contributed by atoms with Gasteiger partial charge in [0.05, 0.1) is 39.9 Å². The van der Waals surface area contributed by atoms with Crippen molar-refractivity contribution < 1.29 is 32.9 Å². The van der Waals surface area contributed by atoms with E-state index < -0.39 is 20.0 Å². The van der Waals surface area contributed by atoms with Gasteiger partial charge in [0.2, 0.25) is 5.91 Å². The number of amides is 1. The van der Waals surface area contributed by atoms with Crippen LogP contribution in [0.1, 0.15) is 296 Å². The minimum Gasteiger partial charge on any atom is -0.387 e. The number of aliphatic hydroxyl groups is 1. The van der Waals surface area contributed by atoms with Crippen molar-refractivity contribution in [3.05, 3.63) is 72.9 Å². The first-order valence-electron chi connectivity index (χ1n) is 32.3. The van der Waals surface area contributed by atoms with E-state index in [2.05, 4.69) is 79.9 Å². The number of phosphoric acid groups is 1. The number of likely N-dealkylation sites (N-methyl/N-ethyl adjacent to an activating group) is 1. The highest BCUT2D eigenvalue weighted by atomic mass is 31.2. The largest absolute Gasteiger partial charge is 0.472 e. The summed E-state index contributed by atoms with van der Waals surface area (Å²) < 4.78 is 23.8. The fraction of sp³-hybridized carbons (Fsp3) is 0.806. The Morgan fingerprint density at radius 1 is 0.461 bits per heavy atom. The summed E-state index contributed by atoms with van der Waals surface area (Å²) >= 11 is 0. The lowest BCUT2D eigenvalue weighted by atomic mass is 10.0. The van der Waals surface area contributed by atoms with Crippen LogP contribution in [0, 0.1) is 0 Å². The Morgan fingerprint density at radius 3 is 1.16 bits per heavy atom. The second-order valence-electron chi connectivity index (χ2n) is 23.1. The van der Waals surface area contributed by atoms with Crippen molar-refractivity contribution in [3.63, 3.8) is 0 Å². The fourth-order valence-electron chi connectivity index (χ4n) is 9.42. The monoisotopic (exact) mass is 1090 g/mol. The fourth-order valence-corrected chi connectivity index (χ4v) is 10.2. The minimum atomic E-state index is -4.35. The summed E-state index contributed by atoms with van der Waals surface area (Å²) in [5.74, 6) is -0.174. The number of aliphatic hydroxyl groups excluding tert-OH is 1. The van der Waals surface area contributed by atoms with E-state index >= 15 is 0 Å². The van der Waals surface area contributed by atoms with E-state index in [9.17, 15) is 19.4 Å². The number of carbonyl (C=O) groups excluding carboxylic acids is 1. The molecule has 0 aromatic rings. The molecule has 444 valence electrons. The van der Waals surface area contributed by atoms with Crippen LogP contribution >= 0.6 is 7.82 Å². The summed E-state index contributed by atoms with van der Waals surface area (Å²) in [6.07, 6.45) is 80.2. The van der Waals surface area contributed by atoms with Gasteiger partial charge in [-0.1, -0.05) is 299 Å². The van der Waals surface area contributed by atoms with Crippen LogP contribution in [-0.2, 0) is 18.4 Å². The Balaban J connectivity index is 4.04. The standard InChI is InChI=1S/C67H125N2O6P/c1-6-8-10-12-14-16-18-20-22-24-26-27-28-29-30-31-32-33-34-35-36-37-38-39-40-41-43-45-47-49-51-53-55-57-59-61-67(71)68-65(64-75-76(72,73)74-63-62-69(3,4)5)66(70)60-58-56-54-52-50-48-46-44-42-25-23-21-19-17-15-13-11-9-7-2/h8,10,14,16,20,22,26-27,29-30,58,60,65-66,70H,6-7,9,11-13,15,17-19,21,23-25,28,31-57,59,61-64H2,1-5H3,(H-,68,71,72,73)/p+1/b10-8-,16-14-,22-20-,27-26-,30-29-,60-58+. The number of unbranched alkanes of at least 4 members (excludes halogenated alkanes) is 36. The van der Waals surface area contributed by atoms with Crippen LogP contribution in [0.5, 0.6) is 0 Å². The Bertz CT molecular complexity index is 1470. The molecular weight excluding hydrogens is 960 g/mol. The molecule has 0 aliphatic carbocycles. The van der Waals surface area contributed by atoms with Gasteiger partial charge in [0.1, 0.15) is 13.2 Å². The molecule has 0 aromatic carbocycles. The van der Waals surface area contributed by atoms with Crippen LogP contribution < -0.4 is 5.32 Å². The van der Waals surface area contributed by atoms with Crippen LogP contribution in [0.4, 0.5) is 0 Å². The minimum absolute atomic E-state index is 0.0614. The van der Waals surface area contributed by atoms with Gasteiger partial charge in [0.25, 0.3) is 0 Å². The molecule has 0 aliphatic rings. The Kier molecular flexibility index (Phi) is 56.1. The zero-order chi connectivity index (χ0) is 55.6. The highest BCUT2D eigenvalue weighted by Gasteiger charge is 2.28. The Morgan fingerprint density at radius 2 is 0.789 bits per heavy atom. The lowest BCUT2D eigenvalue weighted by Gasteiger charge is -2.25. The molecule has 0 bridgehead atoms. The van der Waals surface area contributed by atoms with Gasteiger partial charge in [-0.25, -0.2) is 4.57 Å². The number of allylic oxidation sites excluding steroid dienone is 11. The zero-order valence-corrected chi connectivity index (χ0v) is 51.6. The van der Waals surface area contributed by atoms with E-state index in [0.29, 0.717) is 17.4 Å². The number of quaternary nitrogens is 1. The lowest BCUT2D eigenvalue weighted by molar-refractivity contribution is -0.870. The lowest BCUT2D eigenvalue weighted by Crippen LogP contribution is -2.45. The van der Waals surface area contributed by atoms with Gasteiger partial charge >= 0.3 is 7.82 Å². The van der Waals surface area contributed by atoms with Crippen molar-refractivity contribution in [3.8, 4) is 0 Å². The van der Waals surface area contributed by atoms with Crippen LogP contribution in [0.25, 0.3) is 0 Å². The quantitative estimate of drug-likeness (QED) is 0.0243.